The molecule has 156 valence electrons. The number of anilines is 2. The molecule has 9 heteroatoms. The van der Waals surface area contributed by atoms with Crippen LogP contribution in [0, 0.1) is 13.8 Å². The summed E-state index contributed by atoms with van der Waals surface area (Å²) in [5.74, 6) is -0.476. The summed E-state index contributed by atoms with van der Waals surface area (Å²) in [5, 5.41) is 5.60. The third-order valence-corrected chi connectivity index (χ3v) is 5.49. The van der Waals surface area contributed by atoms with E-state index in [2.05, 4.69) is 10.6 Å². The van der Waals surface area contributed by atoms with Crippen molar-refractivity contribution in [3.05, 3.63) is 63.9 Å². The number of furan rings is 1. The third kappa shape index (κ3) is 4.20. The topological polar surface area (TPSA) is 107 Å². The molecule has 0 aliphatic heterocycles. The van der Waals surface area contributed by atoms with Gasteiger partial charge in [0, 0.05) is 0 Å². The molecular weight excluding hydrogens is 408 g/mol. The van der Waals surface area contributed by atoms with Crippen LogP contribution in [-0.2, 0) is 4.74 Å². The second-order valence-electron chi connectivity index (χ2n) is 6.27. The van der Waals surface area contributed by atoms with Gasteiger partial charge in [0.1, 0.15) is 16.5 Å². The predicted octanol–water partition coefficient (Wildman–Crippen LogP) is 4.26. The Morgan fingerprint density at radius 2 is 1.70 bits per heavy atom. The lowest BCUT2D eigenvalue weighted by Crippen LogP contribution is -2.14. The van der Waals surface area contributed by atoms with E-state index in [1.54, 1.807) is 44.2 Å². The Kier molecular flexibility index (Phi) is 6.22. The van der Waals surface area contributed by atoms with Gasteiger partial charge in [0.25, 0.3) is 11.8 Å². The first-order valence-corrected chi connectivity index (χ1v) is 9.71. The molecule has 0 saturated heterocycles. The van der Waals surface area contributed by atoms with Gasteiger partial charge in [-0.3, -0.25) is 9.59 Å². The maximum absolute atomic E-state index is 12.9. The number of benzene rings is 1. The number of para-hydroxylation sites is 2. The molecule has 2 amide bonds. The van der Waals surface area contributed by atoms with Crippen LogP contribution in [-0.4, -0.2) is 32.0 Å². The summed E-state index contributed by atoms with van der Waals surface area (Å²) in [6, 6.07) is 10.1. The molecule has 0 spiro atoms. The van der Waals surface area contributed by atoms with E-state index in [1.165, 1.54) is 20.3 Å². The van der Waals surface area contributed by atoms with Crippen LogP contribution < -0.4 is 15.4 Å². The summed E-state index contributed by atoms with van der Waals surface area (Å²) in [4.78, 5) is 38.0. The Balaban J connectivity index is 1.94. The molecule has 0 saturated carbocycles. The first kappa shape index (κ1) is 21.1. The molecule has 2 heterocycles. The van der Waals surface area contributed by atoms with E-state index >= 15 is 0 Å². The number of carbonyl (C=O) groups is 3. The number of aryl methyl sites for hydroxylation is 1. The van der Waals surface area contributed by atoms with Crippen LogP contribution in [0.5, 0.6) is 5.75 Å². The summed E-state index contributed by atoms with van der Waals surface area (Å²) < 4.78 is 15.4. The second kappa shape index (κ2) is 8.83. The fraction of sp³-hybridized carbons (Fsp3) is 0.190. The zero-order chi connectivity index (χ0) is 21.8. The molecule has 2 aromatic heterocycles. The smallest absolute Gasteiger partial charge is 0.341 e. The molecule has 0 aliphatic rings. The molecule has 0 unspecified atom stereocenters. The lowest BCUT2D eigenvalue weighted by Gasteiger charge is -2.09. The first-order valence-electron chi connectivity index (χ1n) is 8.89. The van der Waals surface area contributed by atoms with Gasteiger partial charge in [-0.1, -0.05) is 12.1 Å². The minimum absolute atomic E-state index is 0.0920. The summed E-state index contributed by atoms with van der Waals surface area (Å²) in [7, 11) is 2.73. The largest absolute Gasteiger partial charge is 0.495 e. The van der Waals surface area contributed by atoms with E-state index in [-0.39, 0.29) is 21.2 Å². The third-order valence-electron chi connectivity index (χ3n) is 4.29. The molecule has 0 aliphatic carbocycles. The quantitative estimate of drug-likeness (QED) is 0.568. The minimum atomic E-state index is -0.661. The molecule has 0 fully saturated rings. The van der Waals surface area contributed by atoms with Crippen molar-refractivity contribution in [2.24, 2.45) is 0 Å². The number of nitrogens with one attached hydrogen (secondary N) is 2. The number of methoxy groups -OCH3 is 2. The molecule has 3 aromatic rings. The number of thiophene rings is 1. The summed E-state index contributed by atoms with van der Waals surface area (Å²) in [6.07, 6.45) is 0. The van der Waals surface area contributed by atoms with Crippen molar-refractivity contribution in [1.82, 2.24) is 0 Å². The molecule has 2 N–H and O–H groups in total. The monoisotopic (exact) mass is 428 g/mol. The molecule has 30 heavy (non-hydrogen) atoms. The molecule has 0 bridgehead atoms. The highest BCUT2D eigenvalue weighted by Crippen LogP contribution is 2.35. The van der Waals surface area contributed by atoms with Gasteiger partial charge in [0.05, 0.1) is 30.3 Å². The highest BCUT2D eigenvalue weighted by molar-refractivity contribution is 7.19. The highest BCUT2D eigenvalue weighted by atomic mass is 32.1. The number of hydrogen-bond acceptors (Lipinski definition) is 7. The highest BCUT2D eigenvalue weighted by Gasteiger charge is 2.27. The Morgan fingerprint density at radius 3 is 2.33 bits per heavy atom. The fourth-order valence-electron chi connectivity index (χ4n) is 2.81. The van der Waals surface area contributed by atoms with Crippen LogP contribution in [0.25, 0.3) is 0 Å². The lowest BCUT2D eigenvalue weighted by atomic mass is 10.1. The van der Waals surface area contributed by atoms with Gasteiger partial charge in [-0.2, -0.15) is 0 Å². The predicted molar refractivity (Wildman–Crippen MR) is 113 cm³/mol. The number of rotatable bonds is 6. The average molecular weight is 428 g/mol. The first-order chi connectivity index (χ1) is 14.3. The number of amides is 2. The van der Waals surface area contributed by atoms with Crippen molar-refractivity contribution >= 4 is 39.8 Å². The van der Waals surface area contributed by atoms with Crippen LogP contribution in [0.2, 0.25) is 0 Å². The molecule has 0 atom stereocenters. The Labute approximate surface area is 176 Å². The van der Waals surface area contributed by atoms with Crippen molar-refractivity contribution in [2.75, 3.05) is 24.9 Å². The van der Waals surface area contributed by atoms with Crippen molar-refractivity contribution < 1.29 is 28.3 Å². The van der Waals surface area contributed by atoms with Crippen molar-refractivity contribution in [3.63, 3.8) is 0 Å². The van der Waals surface area contributed by atoms with Gasteiger partial charge in [0.2, 0.25) is 0 Å². The number of ether oxygens (including phenoxy) is 2. The normalized spacial score (nSPS) is 10.4. The van der Waals surface area contributed by atoms with Gasteiger partial charge in [-0.25, -0.2) is 4.79 Å². The second-order valence-corrected chi connectivity index (χ2v) is 7.29. The SMILES string of the molecule is COC(=O)c1c(NC(=O)c2ccc(C)o2)sc(C(=O)Nc2ccccc2OC)c1C. The number of esters is 1. The van der Waals surface area contributed by atoms with Crippen LogP contribution in [0.15, 0.2) is 40.8 Å². The van der Waals surface area contributed by atoms with Gasteiger partial charge in [-0.05, 0) is 43.7 Å². The van der Waals surface area contributed by atoms with Crippen molar-refractivity contribution in [2.45, 2.75) is 13.8 Å². The van der Waals surface area contributed by atoms with Crippen molar-refractivity contribution in [1.29, 1.82) is 0 Å². The summed E-state index contributed by atoms with van der Waals surface area (Å²) in [6.45, 7) is 3.33. The van der Waals surface area contributed by atoms with Gasteiger partial charge >= 0.3 is 5.97 Å². The van der Waals surface area contributed by atoms with Crippen molar-refractivity contribution in [3.8, 4) is 5.75 Å². The van der Waals surface area contributed by atoms with Crippen LogP contribution in [0.1, 0.15) is 41.9 Å². The Bertz CT molecular complexity index is 1110. The van der Waals surface area contributed by atoms with Crippen LogP contribution in [0.3, 0.4) is 0 Å². The van der Waals surface area contributed by atoms with E-state index in [0.29, 0.717) is 22.8 Å². The number of carbonyl (C=O) groups excluding carboxylic acids is 3. The summed E-state index contributed by atoms with van der Waals surface area (Å²) >= 11 is 0.973. The number of hydrogen-bond donors (Lipinski definition) is 2. The Hall–Kier alpha value is -3.59. The van der Waals surface area contributed by atoms with Crippen LogP contribution >= 0.6 is 11.3 Å². The molecule has 1 aromatic carbocycles. The van der Waals surface area contributed by atoms with E-state index in [0.717, 1.165) is 11.3 Å². The van der Waals surface area contributed by atoms with Gasteiger partial charge in [-0.15, -0.1) is 11.3 Å². The fourth-order valence-corrected chi connectivity index (χ4v) is 3.90. The molecule has 3 rings (SSSR count). The molecular formula is C21H20N2O6S. The zero-order valence-corrected chi connectivity index (χ0v) is 17.6. The maximum Gasteiger partial charge on any atom is 0.341 e. The Morgan fingerprint density at radius 1 is 0.967 bits per heavy atom. The zero-order valence-electron chi connectivity index (χ0n) is 16.8. The standard InChI is InChI=1S/C21H20N2O6S/c1-11-9-10-15(29-11)18(24)23-20-16(21(26)28-4)12(2)17(30-20)19(25)22-13-7-5-6-8-14(13)27-3/h5-10H,1-4H3,(H,22,25)(H,23,24). The lowest BCUT2D eigenvalue weighted by molar-refractivity contribution is 0.0601. The maximum atomic E-state index is 12.9. The average Bonchev–Trinajstić information content (AvgIpc) is 3.31. The van der Waals surface area contributed by atoms with E-state index in [4.69, 9.17) is 13.9 Å². The van der Waals surface area contributed by atoms with E-state index in [1.807, 2.05) is 0 Å². The van der Waals surface area contributed by atoms with E-state index in [9.17, 15) is 14.4 Å². The van der Waals surface area contributed by atoms with Gasteiger partial charge in [0.15, 0.2) is 5.76 Å². The summed E-state index contributed by atoms with van der Waals surface area (Å²) in [5.41, 5.74) is 0.989. The van der Waals surface area contributed by atoms with Crippen LogP contribution in [0.4, 0.5) is 10.7 Å². The molecule has 8 nitrogen and oxygen atoms in total. The minimum Gasteiger partial charge on any atom is -0.495 e. The molecule has 0 radical (unpaired) electrons. The van der Waals surface area contributed by atoms with E-state index < -0.39 is 17.8 Å². The van der Waals surface area contributed by atoms with Gasteiger partial charge < -0.3 is 24.5 Å².